The number of hydrogen-bond acceptors (Lipinski definition) is 5. The normalized spacial score (nSPS) is 35.4. The van der Waals surface area contributed by atoms with Crippen LogP contribution in [0.3, 0.4) is 0 Å². The highest BCUT2D eigenvalue weighted by molar-refractivity contribution is 6.10. The number of nitro benzene ring substituents is 1. The predicted molar refractivity (Wildman–Crippen MR) is 97.7 cm³/mol. The summed E-state index contributed by atoms with van der Waals surface area (Å²) in [5.41, 5.74) is 0.109. The molecule has 5 aliphatic rings. The highest BCUT2D eigenvalue weighted by Gasteiger charge is 2.67. The highest BCUT2D eigenvalue weighted by atomic mass is 16.6. The van der Waals surface area contributed by atoms with E-state index < -0.39 is 16.9 Å². The van der Waals surface area contributed by atoms with Gasteiger partial charge in [0.2, 0.25) is 17.7 Å². The minimum Gasteiger partial charge on any atom is -0.324 e. The summed E-state index contributed by atoms with van der Waals surface area (Å²) >= 11 is 0. The van der Waals surface area contributed by atoms with Gasteiger partial charge in [-0.15, -0.1) is 0 Å². The van der Waals surface area contributed by atoms with Crippen molar-refractivity contribution in [1.82, 2.24) is 4.90 Å². The van der Waals surface area contributed by atoms with Crippen LogP contribution in [-0.2, 0) is 14.4 Å². The van der Waals surface area contributed by atoms with Gasteiger partial charge in [-0.3, -0.25) is 29.4 Å². The first-order valence-corrected chi connectivity index (χ1v) is 9.49. The number of likely N-dealkylation sites (tertiary alicyclic amines) is 1. The lowest BCUT2D eigenvalue weighted by Gasteiger charge is -2.37. The molecule has 7 atom stereocenters. The monoisotopic (exact) mass is 381 g/mol. The van der Waals surface area contributed by atoms with Crippen molar-refractivity contribution in [2.45, 2.75) is 19.4 Å². The first-order valence-electron chi connectivity index (χ1n) is 9.49. The average molecular weight is 381 g/mol. The maximum Gasteiger partial charge on any atom is 0.271 e. The summed E-state index contributed by atoms with van der Waals surface area (Å²) in [6.45, 7) is 1.52. The number of non-ortho nitro benzene ring substituents is 1. The van der Waals surface area contributed by atoms with Crippen molar-refractivity contribution in [3.63, 3.8) is 0 Å². The van der Waals surface area contributed by atoms with Crippen LogP contribution < -0.4 is 5.32 Å². The third kappa shape index (κ3) is 2.26. The SMILES string of the molecule is C[C@H](C(=O)Nc1cccc([N+](=O)[O-])c1)N1C(=O)[C@@H]2[C@H]3C=C[C@@H]([C@@H]4C[C@H]34)[C@H]2C1=O. The molecule has 144 valence electrons. The minimum absolute atomic E-state index is 0.105. The summed E-state index contributed by atoms with van der Waals surface area (Å²) < 4.78 is 0. The van der Waals surface area contributed by atoms with Gasteiger partial charge < -0.3 is 5.32 Å². The smallest absolute Gasteiger partial charge is 0.271 e. The van der Waals surface area contributed by atoms with E-state index in [1.54, 1.807) is 0 Å². The number of amides is 3. The van der Waals surface area contributed by atoms with Gasteiger partial charge in [-0.1, -0.05) is 18.2 Å². The molecule has 28 heavy (non-hydrogen) atoms. The lowest BCUT2D eigenvalue weighted by atomic mass is 9.63. The van der Waals surface area contributed by atoms with Gasteiger partial charge in [0.05, 0.1) is 16.8 Å². The van der Waals surface area contributed by atoms with Crippen LogP contribution in [0.5, 0.6) is 0 Å². The molecular weight excluding hydrogens is 362 g/mol. The quantitative estimate of drug-likeness (QED) is 0.371. The summed E-state index contributed by atoms with van der Waals surface area (Å²) in [6, 6.07) is 4.60. The van der Waals surface area contributed by atoms with Gasteiger partial charge in [-0.05, 0) is 43.1 Å². The third-order valence-electron chi connectivity index (χ3n) is 6.79. The van der Waals surface area contributed by atoms with Crippen molar-refractivity contribution >= 4 is 29.1 Å². The van der Waals surface area contributed by atoms with Gasteiger partial charge in [0, 0.05) is 17.8 Å². The molecule has 1 N–H and O–H groups in total. The second kappa shape index (κ2) is 5.73. The van der Waals surface area contributed by atoms with E-state index in [9.17, 15) is 24.5 Å². The number of imide groups is 1. The fraction of sp³-hybridized carbons (Fsp3) is 0.450. The lowest BCUT2D eigenvalue weighted by molar-refractivity contribution is -0.384. The van der Waals surface area contributed by atoms with E-state index in [0.717, 1.165) is 11.3 Å². The molecular formula is C20H19N3O5. The van der Waals surface area contributed by atoms with E-state index in [1.807, 2.05) is 0 Å². The number of rotatable bonds is 4. The number of allylic oxidation sites excluding steroid dienone is 2. The molecule has 2 bridgehead atoms. The zero-order chi connectivity index (χ0) is 19.7. The zero-order valence-corrected chi connectivity index (χ0v) is 15.1. The Kier molecular flexibility index (Phi) is 3.50. The number of hydrogen-bond donors (Lipinski definition) is 1. The molecule has 1 aliphatic heterocycles. The lowest BCUT2D eigenvalue weighted by Crippen LogP contribution is -2.46. The summed E-state index contributed by atoms with van der Waals surface area (Å²) in [5.74, 6) is -0.543. The van der Waals surface area contributed by atoms with Gasteiger partial charge in [0.25, 0.3) is 5.69 Å². The second-order valence-corrected chi connectivity index (χ2v) is 8.17. The van der Waals surface area contributed by atoms with Crippen molar-refractivity contribution in [2.75, 3.05) is 5.32 Å². The van der Waals surface area contributed by atoms with E-state index in [1.165, 1.54) is 31.2 Å². The number of carbonyl (C=O) groups is 3. The molecule has 1 aromatic rings. The van der Waals surface area contributed by atoms with E-state index in [2.05, 4.69) is 17.5 Å². The number of anilines is 1. The third-order valence-corrected chi connectivity index (χ3v) is 6.79. The van der Waals surface area contributed by atoms with Gasteiger partial charge in [0.15, 0.2) is 0 Å². The van der Waals surface area contributed by atoms with Gasteiger partial charge in [0.1, 0.15) is 6.04 Å². The molecule has 3 amide bonds. The Labute approximate surface area is 160 Å². The largest absolute Gasteiger partial charge is 0.324 e. The highest BCUT2D eigenvalue weighted by Crippen LogP contribution is 2.65. The van der Waals surface area contributed by atoms with E-state index in [4.69, 9.17) is 0 Å². The standard InChI is InChI=1S/C20H19N3O5/c1-9(18(24)21-10-3-2-4-11(7-10)23(27)28)22-19(25)16-12-5-6-13(15-8-14(12)15)17(16)20(22)26/h2-7,9,12-17H,8H2,1H3,(H,21,24)/t9-,12+,13+,14-,15+,16-,17-/m1/s1. The second-order valence-electron chi connectivity index (χ2n) is 8.17. The van der Waals surface area contributed by atoms with E-state index in [-0.39, 0.29) is 46.9 Å². The van der Waals surface area contributed by atoms with Crippen molar-refractivity contribution in [1.29, 1.82) is 0 Å². The van der Waals surface area contributed by atoms with Gasteiger partial charge >= 0.3 is 0 Å². The summed E-state index contributed by atoms with van der Waals surface area (Å²) in [6.07, 6.45) is 5.25. The van der Waals surface area contributed by atoms with Crippen LogP contribution >= 0.6 is 0 Å². The molecule has 6 rings (SSSR count). The Balaban J connectivity index is 1.36. The fourth-order valence-corrected chi connectivity index (χ4v) is 5.42. The van der Waals surface area contributed by atoms with Gasteiger partial charge in [-0.2, -0.15) is 0 Å². The number of nitrogens with one attached hydrogen (secondary N) is 1. The Bertz CT molecular complexity index is 921. The topological polar surface area (TPSA) is 110 Å². The number of carbonyl (C=O) groups excluding carboxylic acids is 3. The molecule has 2 saturated carbocycles. The number of nitro groups is 1. The minimum atomic E-state index is -0.972. The van der Waals surface area contributed by atoms with Crippen molar-refractivity contribution in [3.8, 4) is 0 Å². The molecule has 0 unspecified atom stereocenters. The molecule has 1 aromatic carbocycles. The average Bonchev–Trinajstić information content (AvgIpc) is 3.45. The molecule has 4 aliphatic carbocycles. The molecule has 1 heterocycles. The van der Waals surface area contributed by atoms with Crippen LogP contribution in [0, 0.1) is 45.6 Å². The van der Waals surface area contributed by atoms with Crippen LogP contribution in [0.1, 0.15) is 13.3 Å². The van der Waals surface area contributed by atoms with E-state index in [0.29, 0.717) is 11.8 Å². The molecule has 0 radical (unpaired) electrons. The number of benzene rings is 1. The Morgan fingerprint density at radius 1 is 1.18 bits per heavy atom. The van der Waals surface area contributed by atoms with Crippen molar-refractivity contribution in [3.05, 3.63) is 46.5 Å². The summed E-state index contributed by atoms with van der Waals surface area (Å²) in [5, 5.41) is 13.5. The zero-order valence-electron chi connectivity index (χ0n) is 15.1. The van der Waals surface area contributed by atoms with Crippen LogP contribution in [-0.4, -0.2) is 33.6 Å². The van der Waals surface area contributed by atoms with Crippen molar-refractivity contribution in [2.24, 2.45) is 35.5 Å². The molecule has 0 spiro atoms. The summed E-state index contributed by atoms with van der Waals surface area (Å²) in [4.78, 5) is 50.2. The Morgan fingerprint density at radius 2 is 1.79 bits per heavy atom. The molecule has 1 saturated heterocycles. The molecule has 0 aromatic heterocycles. The van der Waals surface area contributed by atoms with Crippen LogP contribution in [0.15, 0.2) is 36.4 Å². The Hall–Kier alpha value is -3.03. The maximum absolute atomic E-state index is 13.0. The van der Waals surface area contributed by atoms with Crippen molar-refractivity contribution < 1.29 is 19.3 Å². The van der Waals surface area contributed by atoms with Gasteiger partial charge in [-0.25, -0.2) is 0 Å². The molecule has 8 nitrogen and oxygen atoms in total. The Morgan fingerprint density at radius 3 is 2.36 bits per heavy atom. The van der Waals surface area contributed by atoms with E-state index >= 15 is 0 Å². The molecule has 8 heteroatoms. The summed E-state index contributed by atoms with van der Waals surface area (Å²) in [7, 11) is 0. The fourth-order valence-electron chi connectivity index (χ4n) is 5.42. The maximum atomic E-state index is 13.0. The van der Waals surface area contributed by atoms with Crippen LogP contribution in [0.25, 0.3) is 0 Å². The number of nitrogens with zero attached hydrogens (tertiary/aromatic N) is 2. The first-order chi connectivity index (χ1) is 13.4. The van der Waals surface area contributed by atoms with Crippen LogP contribution in [0.2, 0.25) is 0 Å². The predicted octanol–water partition coefficient (Wildman–Crippen LogP) is 1.97. The first kappa shape index (κ1) is 17.1. The molecule has 3 fully saturated rings. The van der Waals surface area contributed by atoms with Crippen LogP contribution in [0.4, 0.5) is 11.4 Å².